The number of likely N-dealkylation sites (tertiary alicyclic amines) is 1. The number of sulfonamides is 1. The fourth-order valence-electron chi connectivity index (χ4n) is 2.15. The first-order chi connectivity index (χ1) is 9.06. The minimum Gasteiger partial charge on any atom is -0.339 e. The molecule has 1 aromatic heterocycles. The Morgan fingerprint density at radius 3 is 2.63 bits per heavy atom. The first-order valence-corrected chi connectivity index (χ1v) is 8.83. The number of amides is 1. The van der Waals surface area contributed by atoms with E-state index in [1.807, 2.05) is 0 Å². The van der Waals surface area contributed by atoms with Crippen molar-refractivity contribution in [2.75, 3.05) is 13.1 Å². The normalized spacial score (nSPS) is 19.9. The lowest BCUT2D eigenvalue weighted by Gasteiger charge is -2.13. The average Bonchev–Trinajstić information content (AvgIpc) is 2.92. The van der Waals surface area contributed by atoms with E-state index in [9.17, 15) is 13.2 Å². The van der Waals surface area contributed by atoms with Crippen LogP contribution in [0.5, 0.6) is 0 Å². The molecule has 5 nitrogen and oxygen atoms in total. The number of carbonyl (C=O) groups excluding carboxylic acids is 1. The van der Waals surface area contributed by atoms with Crippen molar-refractivity contribution < 1.29 is 13.2 Å². The van der Waals surface area contributed by atoms with E-state index in [-0.39, 0.29) is 16.2 Å². The molecule has 1 saturated heterocycles. The largest absolute Gasteiger partial charge is 0.339 e. The van der Waals surface area contributed by atoms with Gasteiger partial charge in [0.15, 0.2) is 0 Å². The summed E-state index contributed by atoms with van der Waals surface area (Å²) in [6, 6.07) is 1.58. The second kappa shape index (κ2) is 4.88. The van der Waals surface area contributed by atoms with Crippen molar-refractivity contribution in [1.29, 1.82) is 0 Å². The SMILES string of the molecule is O=C(c1csc(S(=O)(=O)NC2CC2)c1)N1CCCC1. The number of hydrogen-bond acceptors (Lipinski definition) is 4. The maximum atomic E-state index is 12.1. The highest BCUT2D eigenvalue weighted by Gasteiger charge is 2.30. The molecule has 0 spiro atoms. The van der Waals surface area contributed by atoms with Crippen molar-refractivity contribution in [1.82, 2.24) is 9.62 Å². The van der Waals surface area contributed by atoms with E-state index in [0.29, 0.717) is 5.56 Å². The lowest BCUT2D eigenvalue weighted by Crippen LogP contribution is -2.27. The Labute approximate surface area is 116 Å². The third-order valence-corrected chi connectivity index (χ3v) is 6.34. The van der Waals surface area contributed by atoms with E-state index >= 15 is 0 Å². The van der Waals surface area contributed by atoms with E-state index < -0.39 is 10.0 Å². The van der Waals surface area contributed by atoms with Gasteiger partial charge in [0, 0.05) is 24.5 Å². The molecule has 1 aromatic rings. The molecule has 1 N–H and O–H groups in total. The van der Waals surface area contributed by atoms with Crippen LogP contribution in [0, 0.1) is 0 Å². The summed E-state index contributed by atoms with van der Waals surface area (Å²) >= 11 is 1.12. The predicted octanol–water partition coefficient (Wildman–Crippen LogP) is 1.42. The number of nitrogens with zero attached hydrogens (tertiary/aromatic N) is 1. The first kappa shape index (κ1) is 13.1. The Morgan fingerprint density at radius 2 is 2.00 bits per heavy atom. The van der Waals surface area contributed by atoms with Gasteiger partial charge in [0.05, 0.1) is 5.56 Å². The highest BCUT2D eigenvalue weighted by molar-refractivity contribution is 7.91. The molecule has 2 aliphatic rings. The Hall–Kier alpha value is -0.920. The molecule has 2 fully saturated rings. The summed E-state index contributed by atoms with van der Waals surface area (Å²) in [5.74, 6) is -0.0541. The molecule has 0 aromatic carbocycles. The minimum atomic E-state index is -3.44. The lowest BCUT2D eigenvalue weighted by atomic mass is 10.3. The van der Waals surface area contributed by atoms with Crippen molar-refractivity contribution in [2.45, 2.75) is 35.9 Å². The number of hydrogen-bond donors (Lipinski definition) is 1. The van der Waals surface area contributed by atoms with Gasteiger partial charge in [-0.2, -0.15) is 0 Å². The van der Waals surface area contributed by atoms with E-state index in [1.54, 1.807) is 10.3 Å². The van der Waals surface area contributed by atoms with E-state index in [4.69, 9.17) is 0 Å². The molecular weight excluding hydrogens is 284 g/mol. The van der Waals surface area contributed by atoms with E-state index in [2.05, 4.69) is 4.72 Å². The van der Waals surface area contributed by atoms with Crippen molar-refractivity contribution >= 4 is 27.3 Å². The third kappa shape index (κ3) is 2.82. The summed E-state index contributed by atoms with van der Waals surface area (Å²) in [4.78, 5) is 13.9. The fraction of sp³-hybridized carbons (Fsp3) is 0.583. The second-order valence-corrected chi connectivity index (χ2v) is 7.90. The molecule has 1 amide bonds. The van der Waals surface area contributed by atoms with Crippen LogP contribution in [-0.4, -0.2) is 38.4 Å². The second-order valence-electron chi connectivity index (χ2n) is 5.05. The molecule has 0 bridgehead atoms. The molecule has 7 heteroatoms. The molecule has 1 aliphatic heterocycles. The van der Waals surface area contributed by atoms with Crippen molar-refractivity contribution in [2.24, 2.45) is 0 Å². The van der Waals surface area contributed by atoms with Gasteiger partial charge in [-0.3, -0.25) is 4.79 Å². The Bertz CT molecular complexity index is 584. The van der Waals surface area contributed by atoms with Crippen molar-refractivity contribution in [3.05, 3.63) is 17.0 Å². The topological polar surface area (TPSA) is 66.5 Å². The Morgan fingerprint density at radius 1 is 1.32 bits per heavy atom. The summed E-state index contributed by atoms with van der Waals surface area (Å²) in [6.07, 6.45) is 3.88. The van der Waals surface area contributed by atoms with Gasteiger partial charge < -0.3 is 4.90 Å². The van der Waals surface area contributed by atoms with E-state index in [1.165, 1.54) is 6.07 Å². The van der Waals surface area contributed by atoms with Crippen LogP contribution in [0.1, 0.15) is 36.0 Å². The highest BCUT2D eigenvalue weighted by atomic mass is 32.2. The smallest absolute Gasteiger partial charge is 0.254 e. The molecular formula is C12H16N2O3S2. The third-order valence-electron chi connectivity index (χ3n) is 3.38. The Kier molecular flexibility index (Phi) is 3.36. The van der Waals surface area contributed by atoms with Gasteiger partial charge in [-0.05, 0) is 31.7 Å². The standard InChI is InChI=1S/C12H16N2O3S2/c15-12(14-5-1-2-6-14)9-7-11(18-8-9)19(16,17)13-10-3-4-10/h7-8,10,13H,1-6H2. The van der Waals surface area contributed by atoms with Crippen LogP contribution in [0.25, 0.3) is 0 Å². The van der Waals surface area contributed by atoms with Gasteiger partial charge in [-0.25, -0.2) is 13.1 Å². The van der Waals surface area contributed by atoms with Crippen LogP contribution >= 0.6 is 11.3 Å². The number of rotatable bonds is 4. The number of carbonyl (C=O) groups is 1. The summed E-state index contributed by atoms with van der Waals surface area (Å²) in [6.45, 7) is 1.55. The van der Waals surface area contributed by atoms with Gasteiger partial charge in [0.1, 0.15) is 4.21 Å². The number of nitrogens with one attached hydrogen (secondary N) is 1. The van der Waals surface area contributed by atoms with Crippen LogP contribution in [0.2, 0.25) is 0 Å². The van der Waals surface area contributed by atoms with Gasteiger partial charge in [-0.1, -0.05) is 0 Å². The van der Waals surface area contributed by atoms with Crippen LogP contribution in [0.3, 0.4) is 0 Å². The highest BCUT2D eigenvalue weighted by Crippen LogP contribution is 2.26. The summed E-state index contributed by atoms with van der Waals surface area (Å²) in [7, 11) is -3.44. The van der Waals surface area contributed by atoms with Gasteiger partial charge in [-0.15, -0.1) is 11.3 Å². The van der Waals surface area contributed by atoms with Gasteiger partial charge >= 0.3 is 0 Å². The van der Waals surface area contributed by atoms with E-state index in [0.717, 1.165) is 50.1 Å². The maximum Gasteiger partial charge on any atom is 0.254 e. The fourth-order valence-corrected chi connectivity index (χ4v) is 4.63. The molecule has 19 heavy (non-hydrogen) atoms. The van der Waals surface area contributed by atoms with Crippen LogP contribution in [0.15, 0.2) is 15.7 Å². The van der Waals surface area contributed by atoms with Crippen LogP contribution in [0.4, 0.5) is 0 Å². The summed E-state index contributed by atoms with van der Waals surface area (Å²) in [5, 5.41) is 1.64. The molecule has 0 atom stereocenters. The zero-order valence-electron chi connectivity index (χ0n) is 10.5. The zero-order valence-corrected chi connectivity index (χ0v) is 12.1. The predicted molar refractivity (Wildman–Crippen MR) is 72.8 cm³/mol. The monoisotopic (exact) mass is 300 g/mol. The molecule has 1 aliphatic carbocycles. The molecule has 3 rings (SSSR count). The minimum absolute atomic E-state index is 0.0541. The molecule has 1 saturated carbocycles. The van der Waals surface area contributed by atoms with Crippen LogP contribution in [-0.2, 0) is 10.0 Å². The van der Waals surface area contributed by atoms with Crippen molar-refractivity contribution in [3.8, 4) is 0 Å². The summed E-state index contributed by atoms with van der Waals surface area (Å²) in [5.41, 5.74) is 0.489. The maximum absolute atomic E-state index is 12.1. The molecule has 0 radical (unpaired) electrons. The van der Waals surface area contributed by atoms with Gasteiger partial charge in [0.25, 0.3) is 5.91 Å². The zero-order chi connectivity index (χ0) is 13.5. The lowest BCUT2D eigenvalue weighted by molar-refractivity contribution is 0.0793. The van der Waals surface area contributed by atoms with Gasteiger partial charge in [0.2, 0.25) is 10.0 Å². The summed E-state index contributed by atoms with van der Waals surface area (Å²) < 4.78 is 26.9. The quantitative estimate of drug-likeness (QED) is 0.914. The van der Waals surface area contributed by atoms with Crippen molar-refractivity contribution in [3.63, 3.8) is 0 Å². The Balaban J connectivity index is 1.76. The number of thiophene rings is 1. The molecule has 2 heterocycles. The molecule has 104 valence electrons. The first-order valence-electron chi connectivity index (χ1n) is 6.46. The average molecular weight is 300 g/mol. The van der Waals surface area contributed by atoms with Crippen LogP contribution < -0.4 is 4.72 Å². The molecule has 0 unspecified atom stereocenters.